The highest BCUT2D eigenvalue weighted by Gasteiger charge is 2.37. The van der Waals surface area contributed by atoms with E-state index in [1.165, 1.54) is 0 Å². The molecule has 2 aromatic rings. The SMILES string of the molecule is O=C(O)CCc1cccc(OCCC2CCN(Cc3cc(C(F)(F)F)ccc3C(F)(F)F)C2)c1. The van der Waals surface area contributed by atoms with Gasteiger partial charge in [0, 0.05) is 19.5 Å². The summed E-state index contributed by atoms with van der Waals surface area (Å²) in [5.74, 6) is -0.128. The molecular weight excluding hydrogens is 464 g/mol. The van der Waals surface area contributed by atoms with Gasteiger partial charge in [-0.15, -0.1) is 0 Å². The van der Waals surface area contributed by atoms with E-state index in [4.69, 9.17) is 9.84 Å². The lowest BCUT2D eigenvalue weighted by atomic mass is 10.0. The van der Waals surface area contributed by atoms with Crippen LogP contribution in [0.3, 0.4) is 0 Å². The number of alkyl halides is 6. The molecule has 1 unspecified atom stereocenters. The van der Waals surface area contributed by atoms with Gasteiger partial charge in [-0.25, -0.2) is 0 Å². The molecule has 0 saturated carbocycles. The molecule has 3 rings (SSSR count). The van der Waals surface area contributed by atoms with Crippen molar-refractivity contribution in [3.63, 3.8) is 0 Å². The summed E-state index contributed by atoms with van der Waals surface area (Å²) in [6.45, 7) is 1.12. The maximum atomic E-state index is 13.3. The summed E-state index contributed by atoms with van der Waals surface area (Å²) in [4.78, 5) is 12.4. The fourth-order valence-corrected chi connectivity index (χ4v) is 4.10. The second-order valence-electron chi connectivity index (χ2n) is 8.44. The van der Waals surface area contributed by atoms with E-state index in [0.29, 0.717) is 62.9 Å². The maximum Gasteiger partial charge on any atom is 0.416 e. The Hall–Kier alpha value is -2.75. The highest BCUT2D eigenvalue weighted by atomic mass is 19.4. The lowest BCUT2D eigenvalue weighted by molar-refractivity contribution is -0.142. The van der Waals surface area contributed by atoms with Crippen LogP contribution < -0.4 is 4.74 Å². The Morgan fingerprint density at radius 2 is 1.82 bits per heavy atom. The van der Waals surface area contributed by atoms with E-state index in [9.17, 15) is 31.1 Å². The zero-order valence-electron chi connectivity index (χ0n) is 18.3. The Kier molecular flexibility index (Phi) is 8.12. The lowest BCUT2D eigenvalue weighted by Crippen LogP contribution is -2.23. The Balaban J connectivity index is 1.54. The van der Waals surface area contributed by atoms with Gasteiger partial charge in [0.15, 0.2) is 0 Å². The number of halogens is 6. The number of carboxylic acids is 1. The first kappa shape index (κ1) is 25.9. The minimum atomic E-state index is -4.73. The van der Waals surface area contributed by atoms with Crippen molar-refractivity contribution in [2.75, 3.05) is 19.7 Å². The number of carboxylic acid groups (broad SMARTS) is 1. The highest BCUT2D eigenvalue weighted by molar-refractivity contribution is 5.67. The van der Waals surface area contributed by atoms with E-state index < -0.39 is 29.4 Å². The largest absolute Gasteiger partial charge is 0.494 e. The quantitative estimate of drug-likeness (QED) is 0.437. The Morgan fingerprint density at radius 3 is 2.50 bits per heavy atom. The zero-order valence-corrected chi connectivity index (χ0v) is 18.3. The van der Waals surface area contributed by atoms with E-state index in [0.717, 1.165) is 5.56 Å². The number of likely N-dealkylation sites (tertiary alicyclic amines) is 1. The molecule has 0 radical (unpaired) electrons. The van der Waals surface area contributed by atoms with Crippen LogP contribution in [-0.4, -0.2) is 35.7 Å². The van der Waals surface area contributed by atoms with Crippen LogP contribution in [0.15, 0.2) is 42.5 Å². The van der Waals surface area contributed by atoms with Gasteiger partial charge in [0.05, 0.1) is 17.7 Å². The summed E-state index contributed by atoms with van der Waals surface area (Å²) in [6.07, 6.45) is -7.68. The summed E-state index contributed by atoms with van der Waals surface area (Å²) in [7, 11) is 0. The molecule has 4 nitrogen and oxygen atoms in total. The average molecular weight is 489 g/mol. The summed E-state index contributed by atoms with van der Waals surface area (Å²) < 4.78 is 84.8. The third-order valence-corrected chi connectivity index (χ3v) is 5.82. The third kappa shape index (κ3) is 7.38. The number of benzene rings is 2. The summed E-state index contributed by atoms with van der Waals surface area (Å²) >= 11 is 0. The van der Waals surface area contributed by atoms with Crippen LogP contribution in [-0.2, 0) is 30.1 Å². The number of hydrogen-bond donors (Lipinski definition) is 1. The number of aliphatic carboxylic acids is 1. The van der Waals surface area contributed by atoms with Crippen LogP contribution in [0, 0.1) is 5.92 Å². The molecule has 0 aliphatic carbocycles. The molecule has 0 spiro atoms. The van der Waals surface area contributed by atoms with Gasteiger partial charge in [-0.2, -0.15) is 26.3 Å². The first-order chi connectivity index (χ1) is 15.9. The van der Waals surface area contributed by atoms with Crippen LogP contribution in [0.5, 0.6) is 5.75 Å². The number of rotatable bonds is 9. The van der Waals surface area contributed by atoms with Crippen molar-refractivity contribution in [3.8, 4) is 5.75 Å². The standard InChI is InChI=1S/C24H25F6NO3/c25-23(26,27)19-5-6-21(24(28,29)30)18(13-19)15-31-10-8-17(14-31)9-11-34-20-3-1-2-16(12-20)4-7-22(32)33/h1-3,5-6,12-13,17H,4,7-11,14-15H2,(H,32,33). The zero-order chi connectivity index (χ0) is 24.9. The van der Waals surface area contributed by atoms with Crippen LogP contribution >= 0.6 is 0 Å². The topological polar surface area (TPSA) is 49.8 Å². The van der Waals surface area contributed by atoms with E-state index in [1.54, 1.807) is 23.1 Å². The van der Waals surface area contributed by atoms with Gasteiger partial charge in [0.25, 0.3) is 0 Å². The van der Waals surface area contributed by atoms with Gasteiger partial charge >= 0.3 is 18.3 Å². The van der Waals surface area contributed by atoms with Crippen molar-refractivity contribution in [2.24, 2.45) is 5.92 Å². The molecule has 1 aliphatic heterocycles. The van der Waals surface area contributed by atoms with Crippen molar-refractivity contribution in [2.45, 2.75) is 44.6 Å². The van der Waals surface area contributed by atoms with E-state index in [1.807, 2.05) is 6.07 Å². The fraction of sp³-hybridized carbons (Fsp3) is 0.458. The fourth-order valence-electron chi connectivity index (χ4n) is 4.10. The maximum absolute atomic E-state index is 13.3. The summed E-state index contributed by atoms with van der Waals surface area (Å²) in [5.41, 5.74) is -1.67. The van der Waals surface area contributed by atoms with Crippen molar-refractivity contribution in [3.05, 3.63) is 64.7 Å². The minimum absolute atomic E-state index is 0.0172. The molecule has 1 fully saturated rings. The number of ether oxygens (including phenoxy) is 1. The van der Waals surface area contributed by atoms with E-state index in [-0.39, 0.29) is 24.4 Å². The molecule has 34 heavy (non-hydrogen) atoms. The predicted molar refractivity (Wildman–Crippen MR) is 112 cm³/mol. The lowest BCUT2D eigenvalue weighted by Gasteiger charge is -2.21. The van der Waals surface area contributed by atoms with Crippen molar-refractivity contribution in [1.82, 2.24) is 4.90 Å². The molecule has 1 saturated heterocycles. The smallest absolute Gasteiger partial charge is 0.416 e. The van der Waals surface area contributed by atoms with Gasteiger partial charge in [-0.05, 0) is 73.2 Å². The average Bonchev–Trinajstić information content (AvgIpc) is 3.18. The van der Waals surface area contributed by atoms with Gasteiger partial charge in [-0.3, -0.25) is 9.69 Å². The van der Waals surface area contributed by atoms with Gasteiger partial charge < -0.3 is 9.84 Å². The van der Waals surface area contributed by atoms with Crippen molar-refractivity contribution < 1.29 is 41.0 Å². The van der Waals surface area contributed by atoms with Crippen LogP contribution in [0.1, 0.15) is 41.5 Å². The van der Waals surface area contributed by atoms with E-state index in [2.05, 4.69) is 0 Å². The van der Waals surface area contributed by atoms with Gasteiger partial charge in [0.2, 0.25) is 0 Å². The molecule has 1 heterocycles. The van der Waals surface area contributed by atoms with Crippen LogP contribution in [0.2, 0.25) is 0 Å². The minimum Gasteiger partial charge on any atom is -0.494 e. The number of aryl methyl sites for hydroxylation is 1. The number of carbonyl (C=O) groups is 1. The molecule has 10 heteroatoms. The second kappa shape index (κ2) is 10.7. The molecular formula is C24H25F6NO3. The first-order valence-electron chi connectivity index (χ1n) is 10.8. The first-order valence-corrected chi connectivity index (χ1v) is 10.8. The molecule has 0 amide bonds. The molecule has 1 N–H and O–H groups in total. The molecule has 1 atom stereocenters. The predicted octanol–water partition coefficient (Wildman–Crippen LogP) is 6.03. The van der Waals surface area contributed by atoms with Gasteiger partial charge in [-0.1, -0.05) is 12.1 Å². The molecule has 2 aromatic carbocycles. The van der Waals surface area contributed by atoms with Gasteiger partial charge in [0.1, 0.15) is 5.75 Å². The van der Waals surface area contributed by atoms with Crippen molar-refractivity contribution >= 4 is 5.97 Å². The molecule has 186 valence electrons. The highest BCUT2D eigenvalue weighted by Crippen LogP contribution is 2.37. The van der Waals surface area contributed by atoms with Crippen LogP contribution in [0.4, 0.5) is 26.3 Å². The Morgan fingerprint density at radius 1 is 1.06 bits per heavy atom. The summed E-state index contributed by atoms with van der Waals surface area (Å²) in [6, 6.07) is 8.69. The number of hydrogen-bond acceptors (Lipinski definition) is 3. The summed E-state index contributed by atoms with van der Waals surface area (Å²) in [5, 5.41) is 8.78. The molecule has 0 aromatic heterocycles. The third-order valence-electron chi connectivity index (χ3n) is 5.82. The monoisotopic (exact) mass is 489 g/mol. The molecule has 1 aliphatic rings. The van der Waals surface area contributed by atoms with Crippen LogP contribution in [0.25, 0.3) is 0 Å². The second-order valence-corrected chi connectivity index (χ2v) is 8.44. The van der Waals surface area contributed by atoms with Crippen molar-refractivity contribution in [1.29, 1.82) is 0 Å². The van der Waals surface area contributed by atoms with E-state index >= 15 is 0 Å². The Bertz CT molecular complexity index is 989. The molecule has 0 bridgehead atoms. The Labute approximate surface area is 193 Å². The normalized spacial score (nSPS) is 17.2. The number of nitrogens with zero attached hydrogens (tertiary/aromatic N) is 1.